The van der Waals surface area contributed by atoms with E-state index in [0.717, 1.165) is 22.6 Å². The van der Waals surface area contributed by atoms with Gasteiger partial charge in [0.1, 0.15) is 11.4 Å². The molecule has 7 nitrogen and oxygen atoms in total. The van der Waals surface area contributed by atoms with Crippen molar-refractivity contribution in [2.45, 2.75) is 44.1 Å². The number of nitrogens with one attached hydrogen (secondary N) is 2. The summed E-state index contributed by atoms with van der Waals surface area (Å²) in [4.78, 5) is 43.1. The molecule has 4 amide bonds. The van der Waals surface area contributed by atoms with E-state index in [1.54, 1.807) is 24.4 Å². The minimum atomic E-state index is -0.759. The number of imide groups is 1. The zero-order valence-corrected chi connectivity index (χ0v) is 16.6. The summed E-state index contributed by atoms with van der Waals surface area (Å²) in [5, 5.41) is 5.89. The number of aromatic nitrogens is 1. The van der Waals surface area contributed by atoms with Crippen molar-refractivity contribution in [2.24, 2.45) is 0 Å². The third kappa shape index (κ3) is 4.00. The van der Waals surface area contributed by atoms with Gasteiger partial charge in [0.25, 0.3) is 5.91 Å². The van der Waals surface area contributed by atoms with Crippen molar-refractivity contribution < 1.29 is 18.8 Å². The number of thiazole rings is 1. The maximum Gasteiger partial charge on any atom is 0.325 e. The molecule has 1 aromatic carbocycles. The van der Waals surface area contributed by atoms with Gasteiger partial charge in [-0.15, -0.1) is 11.3 Å². The van der Waals surface area contributed by atoms with Gasteiger partial charge in [-0.25, -0.2) is 14.2 Å². The smallest absolute Gasteiger partial charge is 0.323 e. The first kappa shape index (κ1) is 19.5. The molecule has 9 heteroatoms. The molecule has 1 spiro atoms. The number of amides is 4. The summed E-state index contributed by atoms with van der Waals surface area (Å²) in [6.07, 6.45) is 5.14. The van der Waals surface area contributed by atoms with Crippen LogP contribution in [-0.2, 0) is 16.0 Å². The lowest BCUT2D eigenvalue weighted by atomic mass is 9.98. The van der Waals surface area contributed by atoms with E-state index in [1.807, 2.05) is 0 Å². The normalized spacial score (nSPS) is 17.8. The summed E-state index contributed by atoms with van der Waals surface area (Å²) in [6, 6.07) is 6.10. The number of hydrogen-bond acceptors (Lipinski definition) is 5. The average molecular weight is 416 g/mol. The number of hydrogen-bond donors (Lipinski definition) is 2. The molecule has 2 aromatic rings. The van der Waals surface area contributed by atoms with E-state index >= 15 is 0 Å². The number of carbonyl (C=O) groups is 3. The summed E-state index contributed by atoms with van der Waals surface area (Å²) in [7, 11) is 0. The van der Waals surface area contributed by atoms with Gasteiger partial charge in [-0.3, -0.25) is 14.5 Å². The molecule has 29 heavy (non-hydrogen) atoms. The van der Waals surface area contributed by atoms with Crippen molar-refractivity contribution in [3.05, 3.63) is 46.7 Å². The Morgan fingerprint density at radius 1 is 1.28 bits per heavy atom. The van der Waals surface area contributed by atoms with Crippen LogP contribution in [-0.4, -0.2) is 39.8 Å². The fraction of sp³-hybridized carbons (Fsp3) is 0.400. The van der Waals surface area contributed by atoms with E-state index in [0.29, 0.717) is 30.0 Å². The highest BCUT2D eigenvalue weighted by atomic mass is 32.1. The highest BCUT2D eigenvalue weighted by molar-refractivity contribution is 7.15. The van der Waals surface area contributed by atoms with E-state index in [9.17, 15) is 18.8 Å². The van der Waals surface area contributed by atoms with Gasteiger partial charge >= 0.3 is 6.03 Å². The van der Waals surface area contributed by atoms with Gasteiger partial charge in [0.2, 0.25) is 5.91 Å². The van der Waals surface area contributed by atoms with Crippen molar-refractivity contribution in [3.63, 3.8) is 0 Å². The van der Waals surface area contributed by atoms with Gasteiger partial charge in [0.05, 0.1) is 0 Å². The molecule has 2 fully saturated rings. The standard InChI is InChI=1S/C20H21FN4O3S/c21-15-6-2-1-5-13(15)11-14-12-22-18(29-14)23-16(26)7-10-25-17(27)20(24-19(25)28)8-3-4-9-20/h1-2,5-6,12H,3-4,7-11H2,(H,24,28)(H,22,23,26). The summed E-state index contributed by atoms with van der Waals surface area (Å²) >= 11 is 1.27. The number of nitrogens with zero attached hydrogens (tertiary/aromatic N) is 2. The van der Waals surface area contributed by atoms with Crippen LogP contribution in [0.4, 0.5) is 14.3 Å². The van der Waals surface area contributed by atoms with Crippen LogP contribution in [0.3, 0.4) is 0 Å². The second-order valence-electron chi connectivity index (χ2n) is 7.37. The first-order valence-corrected chi connectivity index (χ1v) is 10.4. The quantitative estimate of drug-likeness (QED) is 0.708. The van der Waals surface area contributed by atoms with E-state index in [1.165, 1.54) is 17.4 Å². The van der Waals surface area contributed by atoms with E-state index in [2.05, 4.69) is 15.6 Å². The monoisotopic (exact) mass is 416 g/mol. The van der Waals surface area contributed by atoms with Gasteiger partial charge in [0, 0.05) is 30.5 Å². The Bertz CT molecular complexity index is 955. The Hall–Kier alpha value is -2.81. The topological polar surface area (TPSA) is 91.4 Å². The lowest BCUT2D eigenvalue weighted by Gasteiger charge is -2.19. The first-order chi connectivity index (χ1) is 14.0. The van der Waals surface area contributed by atoms with Crippen LogP contribution < -0.4 is 10.6 Å². The third-order valence-corrected chi connectivity index (χ3v) is 6.30. The number of rotatable bonds is 6. The first-order valence-electron chi connectivity index (χ1n) is 9.59. The summed E-state index contributed by atoms with van der Waals surface area (Å²) in [5.41, 5.74) is -0.196. The predicted molar refractivity (Wildman–Crippen MR) is 106 cm³/mol. The summed E-state index contributed by atoms with van der Waals surface area (Å²) < 4.78 is 13.8. The van der Waals surface area contributed by atoms with Crippen molar-refractivity contribution in [1.29, 1.82) is 0 Å². The Morgan fingerprint density at radius 2 is 2.03 bits per heavy atom. The molecular formula is C20H21FN4O3S. The van der Waals surface area contributed by atoms with E-state index < -0.39 is 11.6 Å². The maximum absolute atomic E-state index is 13.8. The number of carbonyl (C=O) groups excluding carboxylic acids is 3. The molecule has 2 aliphatic rings. The second-order valence-corrected chi connectivity index (χ2v) is 8.49. The van der Waals surface area contributed by atoms with Gasteiger partial charge in [0.15, 0.2) is 5.13 Å². The molecular weight excluding hydrogens is 395 g/mol. The van der Waals surface area contributed by atoms with Gasteiger partial charge < -0.3 is 10.6 Å². The number of halogens is 1. The Morgan fingerprint density at radius 3 is 2.79 bits per heavy atom. The predicted octanol–water partition coefficient (Wildman–Crippen LogP) is 3.07. The molecule has 0 unspecified atom stereocenters. The molecule has 1 aromatic heterocycles. The molecule has 152 valence electrons. The molecule has 2 heterocycles. The van der Waals surface area contributed by atoms with Crippen molar-refractivity contribution >= 4 is 34.3 Å². The summed E-state index contributed by atoms with van der Waals surface area (Å²) in [5.74, 6) is -0.834. The number of benzene rings is 1. The highest BCUT2D eigenvalue weighted by Gasteiger charge is 2.52. The van der Waals surface area contributed by atoms with E-state index in [4.69, 9.17) is 0 Å². The molecule has 0 atom stereocenters. The molecule has 1 aliphatic carbocycles. The molecule has 4 rings (SSSR count). The zero-order chi connectivity index (χ0) is 20.4. The van der Waals surface area contributed by atoms with Crippen LogP contribution in [0, 0.1) is 5.82 Å². The van der Waals surface area contributed by atoms with Gasteiger partial charge in [-0.1, -0.05) is 31.0 Å². The highest BCUT2D eigenvalue weighted by Crippen LogP contribution is 2.35. The SMILES string of the molecule is O=C(CCN1C(=O)NC2(CCCC2)C1=O)Nc1ncc(Cc2ccccc2F)s1. The van der Waals surface area contributed by atoms with Crippen LogP contribution in [0.1, 0.15) is 42.5 Å². The van der Waals surface area contributed by atoms with E-state index in [-0.39, 0.29) is 30.6 Å². The van der Waals surface area contributed by atoms with Crippen LogP contribution >= 0.6 is 11.3 Å². The minimum absolute atomic E-state index is 0.00251. The third-order valence-electron chi connectivity index (χ3n) is 5.39. The minimum Gasteiger partial charge on any atom is -0.323 e. The Labute approximate surface area is 171 Å². The zero-order valence-electron chi connectivity index (χ0n) is 15.7. The van der Waals surface area contributed by atoms with Gasteiger partial charge in [-0.2, -0.15) is 0 Å². The molecule has 2 N–H and O–H groups in total. The average Bonchev–Trinajstić information content (AvgIpc) is 3.38. The summed E-state index contributed by atoms with van der Waals surface area (Å²) in [6.45, 7) is 0.0334. The second kappa shape index (κ2) is 7.90. The molecule has 1 saturated carbocycles. The van der Waals surface area contributed by atoms with Crippen LogP contribution in [0.2, 0.25) is 0 Å². The molecule has 0 bridgehead atoms. The Kier molecular flexibility index (Phi) is 5.31. The molecule has 1 saturated heterocycles. The lowest BCUT2D eigenvalue weighted by Crippen LogP contribution is -2.44. The fourth-order valence-electron chi connectivity index (χ4n) is 3.87. The Balaban J connectivity index is 1.30. The van der Waals surface area contributed by atoms with Crippen molar-refractivity contribution in [2.75, 3.05) is 11.9 Å². The number of anilines is 1. The van der Waals surface area contributed by atoms with Gasteiger partial charge in [-0.05, 0) is 24.5 Å². The maximum atomic E-state index is 13.8. The fourth-order valence-corrected chi connectivity index (χ4v) is 4.72. The van der Waals surface area contributed by atoms with Crippen LogP contribution in [0.5, 0.6) is 0 Å². The molecule has 0 radical (unpaired) electrons. The van der Waals surface area contributed by atoms with Crippen molar-refractivity contribution in [3.8, 4) is 0 Å². The van der Waals surface area contributed by atoms with Crippen LogP contribution in [0.15, 0.2) is 30.5 Å². The van der Waals surface area contributed by atoms with Crippen LogP contribution in [0.25, 0.3) is 0 Å². The largest absolute Gasteiger partial charge is 0.325 e. The number of urea groups is 1. The molecule has 1 aliphatic heterocycles. The lowest BCUT2D eigenvalue weighted by molar-refractivity contribution is -0.131. The van der Waals surface area contributed by atoms with Crippen molar-refractivity contribution in [1.82, 2.24) is 15.2 Å².